The predicted octanol–water partition coefficient (Wildman–Crippen LogP) is 3.81. The Morgan fingerprint density at radius 2 is 2.16 bits per heavy atom. The molecule has 1 aliphatic carbocycles. The summed E-state index contributed by atoms with van der Waals surface area (Å²) in [5.41, 5.74) is 1.46. The number of fused-ring (bicyclic) bond motifs is 3. The number of nitrogens with zero attached hydrogens (tertiary/aromatic N) is 5. The second kappa shape index (κ2) is 9.16. The van der Waals surface area contributed by atoms with Crippen LogP contribution in [0.2, 0.25) is 0 Å². The van der Waals surface area contributed by atoms with Crippen LogP contribution in [-0.4, -0.2) is 35.9 Å². The third-order valence-corrected chi connectivity index (χ3v) is 8.24. The van der Waals surface area contributed by atoms with Gasteiger partial charge in [0.1, 0.15) is 6.61 Å². The molecule has 0 aromatic carbocycles. The molecule has 0 atom stereocenters. The summed E-state index contributed by atoms with van der Waals surface area (Å²) in [7, 11) is 0. The van der Waals surface area contributed by atoms with Crippen molar-refractivity contribution in [2.75, 3.05) is 5.75 Å². The maximum Gasteiger partial charge on any atom is 0.316 e. The molecule has 0 fully saturated rings. The molecule has 0 bridgehead atoms. The highest BCUT2D eigenvalue weighted by atomic mass is 32.2. The summed E-state index contributed by atoms with van der Waals surface area (Å²) in [5, 5.41) is 11.2. The van der Waals surface area contributed by atoms with Crippen LogP contribution in [0.1, 0.15) is 36.0 Å². The minimum absolute atomic E-state index is 0.0192. The van der Waals surface area contributed by atoms with E-state index in [1.165, 1.54) is 22.7 Å². The molecule has 0 radical (unpaired) electrons. The van der Waals surface area contributed by atoms with Gasteiger partial charge in [-0.05, 0) is 44.1 Å². The van der Waals surface area contributed by atoms with E-state index in [2.05, 4.69) is 15.2 Å². The zero-order valence-electron chi connectivity index (χ0n) is 17.4. The van der Waals surface area contributed by atoms with Gasteiger partial charge in [0.25, 0.3) is 5.56 Å². The van der Waals surface area contributed by atoms with E-state index in [4.69, 9.17) is 4.74 Å². The Kier molecular flexibility index (Phi) is 6.11. The van der Waals surface area contributed by atoms with Crippen molar-refractivity contribution in [3.63, 3.8) is 0 Å². The van der Waals surface area contributed by atoms with Gasteiger partial charge in [-0.2, -0.15) is 0 Å². The van der Waals surface area contributed by atoms with Gasteiger partial charge in [0.2, 0.25) is 0 Å². The van der Waals surface area contributed by atoms with Crippen molar-refractivity contribution in [3.8, 4) is 10.7 Å². The number of hydrogen-bond acceptors (Lipinski definition) is 9. The Bertz CT molecular complexity index is 1320. The zero-order chi connectivity index (χ0) is 22.1. The molecule has 0 spiro atoms. The SMILES string of the molecule is CCn1c(SCC(=O)OCc2cc(=O)n3c4c(sc3n2)CCCC4)nnc1-c1cccs1. The summed E-state index contributed by atoms with van der Waals surface area (Å²) in [6, 6.07) is 5.44. The van der Waals surface area contributed by atoms with Gasteiger partial charge in [-0.15, -0.1) is 32.9 Å². The van der Waals surface area contributed by atoms with Gasteiger partial charge in [0.15, 0.2) is 15.9 Å². The van der Waals surface area contributed by atoms with Gasteiger partial charge < -0.3 is 9.30 Å². The maximum absolute atomic E-state index is 12.6. The highest BCUT2D eigenvalue weighted by Crippen LogP contribution is 2.29. The molecular formula is C21H21N5O3S3. The number of aromatic nitrogens is 5. The second-order valence-corrected chi connectivity index (χ2v) is 10.3. The highest BCUT2D eigenvalue weighted by Gasteiger charge is 2.19. The second-order valence-electron chi connectivity index (χ2n) is 7.36. The molecule has 11 heteroatoms. The maximum atomic E-state index is 12.6. The molecule has 0 saturated carbocycles. The molecule has 0 aliphatic heterocycles. The molecule has 32 heavy (non-hydrogen) atoms. The van der Waals surface area contributed by atoms with E-state index < -0.39 is 0 Å². The molecule has 0 N–H and O–H groups in total. The summed E-state index contributed by atoms with van der Waals surface area (Å²) in [5.74, 6) is 0.526. The summed E-state index contributed by atoms with van der Waals surface area (Å²) < 4.78 is 9.08. The van der Waals surface area contributed by atoms with Gasteiger partial charge in [0.05, 0.1) is 16.3 Å². The van der Waals surface area contributed by atoms with Gasteiger partial charge in [-0.25, -0.2) is 4.98 Å². The zero-order valence-corrected chi connectivity index (χ0v) is 19.9. The minimum atomic E-state index is -0.384. The largest absolute Gasteiger partial charge is 0.459 e. The number of carbonyl (C=O) groups excluding carboxylic acids is 1. The smallest absolute Gasteiger partial charge is 0.316 e. The van der Waals surface area contributed by atoms with Gasteiger partial charge in [-0.1, -0.05) is 17.8 Å². The number of esters is 1. The van der Waals surface area contributed by atoms with E-state index in [1.807, 2.05) is 29.0 Å². The molecule has 8 nitrogen and oxygen atoms in total. The number of ether oxygens (including phenoxy) is 1. The highest BCUT2D eigenvalue weighted by molar-refractivity contribution is 7.99. The molecular weight excluding hydrogens is 466 g/mol. The third kappa shape index (κ3) is 4.12. The Morgan fingerprint density at radius 1 is 1.28 bits per heavy atom. The van der Waals surface area contributed by atoms with Crippen molar-refractivity contribution in [2.24, 2.45) is 0 Å². The fourth-order valence-corrected chi connectivity index (χ4v) is 6.55. The van der Waals surface area contributed by atoms with E-state index in [-0.39, 0.29) is 23.9 Å². The minimum Gasteiger partial charge on any atom is -0.459 e. The Balaban J connectivity index is 1.23. The molecule has 1 aliphatic rings. The average molecular weight is 488 g/mol. The Morgan fingerprint density at radius 3 is 2.97 bits per heavy atom. The quantitative estimate of drug-likeness (QED) is 0.289. The number of carbonyl (C=O) groups is 1. The number of thiazole rings is 1. The molecule has 0 amide bonds. The van der Waals surface area contributed by atoms with E-state index in [0.29, 0.717) is 22.4 Å². The standard InChI is InChI=1S/C21H21N5O3S3/c1-2-25-19(16-8-5-9-30-16)23-24-21(25)31-12-18(28)29-11-13-10-17(27)26-14-6-3-4-7-15(14)32-20(26)22-13/h5,8-10H,2-4,6-7,11-12H2,1H3. The summed E-state index contributed by atoms with van der Waals surface area (Å²) in [4.78, 5) is 32.5. The van der Waals surface area contributed by atoms with Gasteiger partial charge in [0, 0.05) is 23.2 Å². The van der Waals surface area contributed by atoms with E-state index in [0.717, 1.165) is 42.1 Å². The molecule has 4 heterocycles. The van der Waals surface area contributed by atoms with Crippen molar-refractivity contribution in [2.45, 2.75) is 50.9 Å². The van der Waals surface area contributed by atoms with Crippen LogP contribution in [0.5, 0.6) is 0 Å². The van der Waals surface area contributed by atoms with Crippen molar-refractivity contribution in [3.05, 3.63) is 50.2 Å². The lowest BCUT2D eigenvalue weighted by Gasteiger charge is -2.10. The van der Waals surface area contributed by atoms with Crippen molar-refractivity contribution in [1.82, 2.24) is 24.1 Å². The van der Waals surface area contributed by atoms with E-state index >= 15 is 0 Å². The summed E-state index contributed by atoms with van der Waals surface area (Å²) in [6.07, 6.45) is 4.17. The van der Waals surface area contributed by atoms with E-state index in [9.17, 15) is 9.59 Å². The third-order valence-electron chi connectivity index (χ3n) is 5.29. The Hall–Kier alpha value is -2.50. The fraction of sp³-hybridized carbons (Fsp3) is 0.381. The lowest BCUT2D eigenvalue weighted by Crippen LogP contribution is -2.19. The molecule has 4 aromatic heterocycles. The lowest BCUT2D eigenvalue weighted by molar-refractivity contribution is -0.141. The first-order valence-electron chi connectivity index (χ1n) is 10.4. The van der Waals surface area contributed by atoms with Crippen LogP contribution >= 0.6 is 34.4 Å². The van der Waals surface area contributed by atoms with Crippen molar-refractivity contribution in [1.29, 1.82) is 0 Å². The van der Waals surface area contributed by atoms with Crippen LogP contribution in [-0.2, 0) is 35.5 Å². The van der Waals surface area contributed by atoms with Crippen LogP contribution < -0.4 is 5.56 Å². The molecule has 0 unspecified atom stereocenters. The number of rotatable bonds is 7. The predicted molar refractivity (Wildman–Crippen MR) is 126 cm³/mol. The first-order chi connectivity index (χ1) is 15.6. The van der Waals surface area contributed by atoms with Crippen LogP contribution in [0.25, 0.3) is 15.7 Å². The molecule has 0 saturated heterocycles. The summed E-state index contributed by atoms with van der Waals surface area (Å²) in [6.45, 7) is 2.70. The topological polar surface area (TPSA) is 91.4 Å². The van der Waals surface area contributed by atoms with Gasteiger partial charge in [-0.3, -0.25) is 14.0 Å². The van der Waals surface area contributed by atoms with Crippen LogP contribution in [0, 0.1) is 0 Å². The summed E-state index contributed by atoms with van der Waals surface area (Å²) >= 11 is 4.46. The first kappa shape index (κ1) is 21.4. The van der Waals surface area contributed by atoms with Gasteiger partial charge >= 0.3 is 5.97 Å². The van der Waals surface area contributed by atoms with E-state index in [1.54, 1.807) is 27.1 Å². The fourth-order valence-electron chi connectivity index (χ4n) is 3.80. The molecule has 166 valence electrons. The number of hydrogen-bond donors (Lipinski definition) is 0. The monoisotopic (exact) mass is 487 g/mol. The molecule has 5 rings (SSSR count). The van der Waals surface area contributed by atoms with Crippen molar-refractivity contribution >= 4 is 45.4 Å². The normalized spacial score (nSPS) is 13.4. The van der Waals surface area contributed by atoms with Crippen LogP contribution in [0.3, 0.4) is 0 Å². The molecule has 4 aromatic rings. The number of thiophene rings is 1. The van der Waals surface area contributed by atoms with Crippen LogP contribution in [0.4, 0.5) is 0 Å². The van der Waals surface area contributed by atoms with Crippen LogP contribution in [0.15, 0.2) is 33.5 Å². The number of thioether (sulfide) groups is 1. The van der Waals surface area contributed by atoms with Crippen molar-refractivity contribution < 1.29 is 9.53 Å². The first-order valence-corrected chi connectivity index (χ1v) is 13.1. The lowest BCUT2D eigenvalue weighted by atomic mass is 10.0. The average Bonchev–Trinajstić information content (AvgIpc) is 3.53. The number of aryl methyl sites for hydroxylation is 2. The Labute approximate surface area is 196 Å².